The minimum Gasteiger partial charge on any atom is -0.435 e. The van der Waals surface area contributed by atoms with Gasteiger partial charge in [0.15, 0.2) is 0 Å². The van der Waals surface area contributed by atoms with E-state index in [1.54, 1.807) is 0 Å². The fourth-order valence-corrected chi connectivity index (χ4v) is 0.652. The lowest BCUT2D eigenvalue weighted by molar-refractivity contribution is -0.135. The third-order valence-corrected chi connectivity index (χ3v) is 1.19. The second-order valence-corrected chi connectivity index (χ2v) is 2.43. The van der Waals surface area contributed by atoms with Crippen molar-refractivity contribution in [1.29, 1.82) is 0 Å². The van der Waals surface area contributed by atoms with E-state index in [9.17, 15) is 4.79 Å². The molecular formula is C11H14O2. The normalized spacial score (nSPS) is 7.85. The highest BCUT2D eigenvalue weighted by Gasteiger charge is 1.79. The maximum Gasteiger partial charge on any atom is 0.307 e. The van der Waals surface area contributed by atoms with Crippen molar-refractivity contribution < 1.29 is 9.53 Å². The van der Waals surface area contributed by atoms with E-state index in [-0.39, 0.29) is 5.97 Å². The number of benzene rings is 1. The molecule has 0 unspecified atom stereocenters. The SMILES string of the molecule is C=COC(C)=O.Cc1ccccc1. The van der Waals surface area contributed by atoms with Crippen molar-refractivity contribution in [3.05, 3.63) is 48.7 Å². The fraction of sp³-hybridized carbons (Fsp3) is 0.182. The van der Waals surface area contributed by atoms with Gasteiger partial charge in [-0.05, 0) is 6.92 Å². The number of aryl methyl sites for hydroxylation is 1. The van der Waals surface area contributed by atoms with E-state index >= 15 is 0 Å². The highest BCUT2D eigenvalue weighted by atomic mass is 16.5. The topological polar surface area (TPSA) is 26.3 Å². The van der Waals surface area contributed by atoms with E-state index in [2.05, 4.69) is 30.4 Å². The molecule has 0 aliphatic heterocycles. The first kappa shape index (κ1) is 11.4. The molecule has 70 valence electrons. The number of hydrogen-bond acceptors (Lipinski definition) is 2. The first-order valence-electron chi connectivity index (χ1n) is 3.96. The second kappa shape index (κ2) is 7.10. The molecule has 0 N–H and O–H groups in total. The molecule has 0 spiro atoms. The Hall–Kier alpha value is -1.57. The Morgan fingerprint density at radius 3 is 2.08 bits per heavy atom. The lowest BCUT2D eigenvalue weighted by atomic mass is 10.2. The van der Waals surface area contributed by atoms with Gasteiger partial charge in [-0.2, -0.15) is 0 Å². The van der Waals surface area contributed by atoms with Gasteiger partial charge in [0.1, 0.15) is 0 Å². The summed E-state index contributed by atoms with van der Waals surface area (Å²) in [4.78, 5) is 9.75. The molecule has 0 fully saturated rings. The van der Waals surface area contributed by atoms with Crippen molar-refractivity contribution in [3.63, 3.8) is 0 Å². The molecule has 0 amide bonds. The summed E-state index contributed by atoms with van der Waals surface area (Å²) >= 11 is 0. The van der Waals surface area contributed by atoms with Gasteiger partial charge >= 0.3 is 5.97 Å². The molecule has 0 aromatic heterocycles. The Morgan fingerprint density at radius 2 is 1.92 bits per heavy atom. The van der Waals surface area contributed by atoms with Gasteiger partial charge in [-0.25, -0.2) is 0 Å². The maximum absolute atomic E-state index is 9.75. The average Bonchev–Trinajstić information content (AvgIpc) is 2.06. The van der Waals surface area contributed by atoms with Gasteiger partial charge in [-0.1, -0.05) is 42.5 Å². The average molecular weight is 178 g/mol. The van der Waals surface area contributed by atoms with E-state index in [0.29, 0.717) is 0 Å². The Kier molecular flexibility index (Phi) is 6.24. The molecule has 0 radical (unpaired) electrons. The molecule has 2 nitrogen and oxygen atoms in total. The van der Waals surface area contributed by atoms with Crippen LogP contribution in [-0.4, -0.2) is 5.97 Å². The predicted molar refractivity (Wildman–Crippen MR) is 53.1 cm³/mol. The predicted octanol–water partition coefficient (Wildman–Crippen LogP) is 2.69. The van der Waals surface area contributed by atoms with Gasteiger partial charge in [-0.15, -0.1) is 0 Å². The van der Waals surface area contributed by atoms with E-state index in [0.717, 1.165) is 6.26 Å². The van der Waals surface area contributed by atoms with E-state index in [1.165, 1.54) is 12.5 Å². The molecule has 0 saturated heterocycles. The van der Waals surface area contributed by atoms with Gasteiger partial charge in [0.25, 0.3) is 0 Å². The van der Waals surface area contributed by atoms with Crippen LogP contribution in [0.15, 0.2) is 43.2 Å². The molecular weight excluding hydrogens is 164 g/mol. The van der Waals surface area contributed by atoms with Gasteiger partial charge in [0.2, 0.25) is 0 Å². The van der Waals surface area contributed by atoms with Crippen LogP contribution in [-0.2, 0) is 9.53 Å². The van der Waals surface area contributed by atoms with Crippen LogP contribution in [0.2, 0.25) is 0 Å². The zero-order valence-corrected chi connectivity index (χ0v) is 7.99. The molecule has 1 aromatic carbocycles. The van der Waals surface area contributed by atoms with Crippen LogP contribution in [0.25, 0.3) is 0 Å². The minimum absolute atomic E-state index is 0.329. The molecule has 0 saturated carbocycles. The monoisotopic (exact) mass is 178 g/mol. The zero-order chi connectivity index (χ0) is 10.1. The van der Waals surface area contributed by atoms with Crippen LogP contribution >= 0.6 is 0 Å². The Bertz CT molecular complexity index is 252. The summed E-state index contributed by atoms with van der Waals surface area (Å²) in [5, 5.41) is 0. The van der Waals surface area contributed by atoms with Crippen LogP contribution in [0.5, 0.6) is 0 Å². The number of carbonyl (C=O) groups is 1. The van der Waals surface area contributed by atoms with E-state index in [1.807, 2.05) is 18.2 Å². The maximum atomic E-state index is 9.75. The first-order chi connectivity index (χ1) is 6.16. The van der Waals surface area contributed by atoms with E-state index in [4.69, 9.17) is 0 Å². The van der Waals surface area contributed by atoms with Crippen molar-refractivity contribution in [1.82, 2.24) is 0 Å². The van der Waals surface area contributed by atoms with Crippen LogP contribution < -0.4 is 0 Å². The summed E-state index contributed by atoms with van der Waals surface area (Å²) in [6.45, 7) is 6.56. The van der Waals surface area contributed by atoms with Crippen molar-refractivity contribution >= 4 is 5.97 Å². The molecule has 0 aliphatic carbocycles. The third kappa shape index (κ3) is 8.34. The van der Waals surface area contributed by atoms with Crippen LogP contribution in [0.3, 0.4) is 0 Å². The van der Waals surface area contributed by atoms with Crippen LogP contribution in [0, 0.1) is 6.92 Å². The summed E-state index contributed by atoms with van der Waals surface area (Å²) in [6.07, 6.45) is 1.10. The van der Waals surface area contributed by atoms with Gasteiger partial charge < -0.3 is 4.74 Å². The molecule has 2 heteroatoms. The van der Waals surface area contributed by atoms with Crippen molar-refractivity contribution in [3.8, 4) is 0 Å². The minimum atomic E-state index is -0.329. The molecule has 0 bridgehead atoms. The smallest absolute Gasteiger partial charge is 0.307 e. The molecule has 0 aliphatic rings. The van der Waals surface area contributed by atoms with Crippen LogP contribution in [0.4, 0.5) is 0 Å². The number of hydrogen-bond donors (Lipinski definition) is 0. The molecule has 1 rings (SSSR count). The number of rotatable bonds is 1. The Labute approximate surface area is 78.8 Å². The lowest BCUT2D eigenvalue weighted by Gasteiger charge is -1.83. The molecule has 0 heterocycles. The van der Waals surface area contributed by atoms with Gasteiger partial charge in [-0.3, -0.25) is 4.79 Å². The molecule has 0 atom stereocenters. The highest BCUT2D eigenvalue weighted by molar-refractivity contribution is 5.66. The van der Waals surface area contributed by atoms with Crippen molar-refractivity contribution in [2.24, 2.45) is 0 Å². The zero-order valence-electron chi connectivity index (χ0n) is 7.99. The van der Waals surface area contributed by atoms with E-state index < -0.39 is 0 Å². The summed E-state index contributed by atoms with van der Waals surface area (Å²) < 4.78 is 4.17. The fourth-order valence-electron chi connectivity index (χ4n) is 0.652. The number of carbonyl (C=O) groups excluding carboxylic acids is 1. The van der Waals surface area contributed by atoms with Crippen molar-refractivity contribution in [2.45, 2.75) is 13.8 Å². The third-order valence-electron chi connectivity index (χ3n) is 1.19. The first-order valence-corrected chi connectivity index (χ1v) is 3.96. The highest BCUT2D eigenvalue weighted by Crippen LogP contribution is 1.92. The Balaban J connectivity index is 0.000000226. The summed E-state index contributed by atoms with van der Waals surface area (Å²) in [5.74, 6) is -0.329. The van der Waals surface area contributed by atoms with Gasteiger partial charge in [0.05, 0.1) is 6.26 Å². The van der Waals surface area contributed by atoms with Crippen molar-refractivity contribution in [2.75, 3.05) is 0 Å². The van der Waals surface area contributed by atoms with Crippen LogP contribution in [0.1, 0.15) is 12.5 Å². The number of ether oxygens (including phenoxy) is 1. The quantitative estimate of drug-likeness (QED) is 0.488. The Morgan fingerprint density at radius 1 is 1.38 bits per heavy atom. The molecule has 1 aromatic rings. The molecule has 13 heavy (non-hydrogen) atoms. The second-order valence-electron chi connectivity index (χ2n) is 2.43. The van der Waals surface area contributed by atoms with Gasteiger partial charge in [0, 0.05) is 6.92 Å². The number of esters is 1. The summed E-state index contributed by atoms with van der Waals surface area (Å²) in [6, 6.07) is 10.3. The largest absolute Gasteiger partial charge is 0.435 e. The standard InChI is InChI=1S/C7H8.C4H6O2/c1-7-5-3-2-4-6-7;1-3-6-4(2)5/h2-6H,1H3;3H,1H2,2H3. The summed E-state index contributed by atoms with van der Waals surface area (Å²) in [5.41, 5.74) is 1.32. The lowest BCUT2D eigenvalue weighted by Crippen LogP contribution is -1.87. The summed E-state index contributed by atoms with van der Waals surface area (Å²) in [7, 11) is 0.